The lowest BCUT2D eigenvalue weighted by atomic mass is 9.83. The summed E-state index contributed by atoms with van der Waals surface area (Å²) >= 11 is 0. The average Bonchev–Trinajstić information content (AvgIpc) is 1.82. The Morgan fingerprint density at radius 2 is 2.27 bits per heavy atom. The van der Waals surface area contributed by atoms with Crippen LogP contribution in [0.4, 0.5) is 0 Å². The van der Waals surface area contributed by atoms with Crippen molar-refractivity contribution in [2.75, 3.05) is 13.2 Å². The van der Waals surface area contributed by atoms with Crippen molar-refractivity contribution in [3.05, 3.63) is 0 Å². The number of hydrogen-bond acceptors (Lipinski definition) is 2. The lowest BCUT2D eigenvalue weighted by Crippen LogP contribution is -2.14. The molecule has 0 aromatic carbocycles. The summed E-state index contributed by atoms with van der Waals surface area (Å²) in [6.07, 6.45) is 5.26. The molecular weight excluding hydrogens is 140 g/mol. The molecule has 1 rings (SSSR count). The van der Waals surface area contributed by atoms with Gasteiger partial charge in [0.1, 0.15) is 6.61 Å². The number of carbonyl (C=O) groups is 1. The van der Waals surface area contributed by atoms with Gasteiger partial charge in [0.05, 0.1) is 0 Å². The summed E-state index contributed by atoms with van der Waals surface area (Å²) in [4.78, 5) is 10.4. The molecule has 1 aliphatic rings. The second-order valence-corrected chi connectivity index (χ2v) is 3.34. The standard InChI is InChI=1S/C9H16O2/c1-8(10)7-11-6-5-9-3-2-4-9/h9H,2-7H2,1H3. The summed E-state index contributed by atoms with van der Waals surface area (Å²) in [6, 6.07) is 0. The van der Waals surface area contributed by atoms with Gasteiger partial charge in [0.25, 0.3) is 0 Å². The van der Waals surface area contributed by atoms with Crippen molar-refractivity contribution in [1.29, 1.82) is 0 Å². The van der Waals surface area contributed by atoms with Gasteiger partial charge >= 0.3 is 0 Å². The van der Waals surface area contributed by atoms with E-state index in [2.05, 4.69) is 0 Å². The first kappa shape index (κ1) is 8.72. The molecule has 2 heteroatoms. The Kier molecular flexibility index (Phi) is 3.57. The van der Waals surface area contributed by atoms with Crippen LogP contribution in [0.2, 0.25) is 0 Å². The van der Waals surface area contributed by atoms with Crippen molar-refractivity contribution in [2.45, 2.75) is 32.6 Å². The van der Waals surface area contributed by atoms with Crippen molar-refractivity contribution in [3.63, 3.8) is 0 Å². The minimum absolute atomic E-state index is 0.124. The van der Waals surface area contributed by atoms with E-state index in [-0.39, 0.29) is 5.78 Å². The second kappa shape index (κ2) is 4.50. The smallest absolute Gasteiger partial charge is 0.155 e. The fourth-order valence-electron chi connectivity index (χ4n) is 1.25. The second-order valence-electron chi connectivity index (χ2n) is 3.34. The molecule has 1 fully saturated rings. The van der Waals surface area contributed by atoms with Crippen LogP contribution >= 0.6 is 0 Å². The van der Waals surface area contributed by atoms with Crippen molar-refractivity contribution in [3.8, 4) is 0 Å². The van der Waals surface area contributed by atoms with Crippen LogP contribution in [0.3, 0.4) is 0 Å². The Balaban J connectivity index is 1.83. The molecule has 1 aliphatic carbocycles. The van der Waals surface area contributed by atoms with Crippen LogP contribution in [0.15, 0.2) is 0 Å². The molecule has 0 N–H and O–H groups in total. The Labute approximate surface area is 67.9 Å². The maximum absolute atomic E-state index is 10.4. The van der Waals surface area contributed by atoms with Crippen molar-refractivity contribution in [2.24, 2.45) is 5.92 Å². The molecule has 64 valence electrons. The SMILES string of the molecule is CC(=O)COCCC1CCC1. The van der Waals surface area contributed by atoms with Crippen molar-refractivity contribution >= 4 is 5.78 Å². The lowest BCUT2D eigenvalue weighted by Gasteiger charge is -2.24. The molecule has 0 spiro atoms. The third kappa shape index (κ3) is 3.51. The van der Waals surface area contributed by atoms with Crippen LogP contribution in [-0.4, -0.2) is 19.0 Å². The van der Waals surface area contributed by atoms with Crippen molar-refractivity contribution < 1.29 is 9.53 Å². The van der Waals surface area contributed by atoms with E-state index in [0.29, 0.717) is 6.61 Å². The van der Waals surface area contributed by atoms with Gasteiger partial charge in [0, 0.05) is 6.61 Å². The van der Waals surface area contributed by atoms with E-state index in [1.54, 1.807) is 6.92 Å². The molecule has 2 nitrogen and oxygen atoms in total. The number of ketones is 1. The highest BCUT2D eigenvalue weighted by atomic mass is 16.5. The van der Waals surface area contributed by atoms with Crippen LogP contribution in [0, 0.1) is 5.92 Å². The first-order chi connectivity index (χ1) is 5.29. The minimum Gasteiger partial charge on any atom is -0.374 e. The molecule has 0 radical (unpaired) electrons. The summed E-state index contributed by atoms with van der Waals surface area (Å²) in [5.41, 5.74) is 0. The molecule has 0 bridgehead atoms. The zero-order chi connectivity index (χ0) is 8.10. The van der Waals surface area contributed by atoms with E-state index >= 15 is 0 Å². The van der Waals surface area contributed by atoms with Gasteiger partial charge in [-0.05, 0) is 19.3 Å². The molecule has 0 atom stereocenters. The number of hydrogen-bond donors (Lipinski definition) is 0. The highest BCUT2D eigenvalue weighted by molar-refractivity contribution is 5.76. The molecule has 0 unspecified atom stereocenters. The average molecular weight is 156 g/mol. The monoisotopic (exact) mass is 156 g/mol. The molecule has 0 aromatic rings. The van der Waals surface area contributed by atoms with Gasteiger partial charge in [-0.15, -0.1) is 0 Å². The summed E-state index contributed by atoms with van der Waals surface area (Å²) < 4.78 is 5.15. The van der Waals surface area contributed by atoms with Gasteiger partial charge in [0.15, 0.2) is 5.78 Å². The maximum atomic E-state index is 10.4. The predicted octanol–water partition coefficient (Wildman–Crippen LogP) is 1.78. The van der Waals surface area contributed by atoms with Gasteiger partial charge < -0.3 is 4.74 Å². The highest BCUT2D eigenvalue weighted by Crippen LogP contribution is 2.28. The van der Waals surface area contributed by atoms with Crippen LogP contribution in [0.1, 0.15) is 32.6 Å². The van der Waals surface area contributed by atoms with Crippen LogP contribution in [-0.2, 0) is 9.53 Å². The largest absolute Gasteiger partial charge is 0.374 e. The summed E-state index contributed by atoms with van der Waals surface area (Å²) in [5.74, 6) is 1.01. The lowest BCUT2D eigenvalue weighted by molar-refractivity contribution is -0.121. The highest BCUT2D eigenvalue weighted by Gasteiger charge is 2.16. The fraction of sp³-hybridized carbons (Fsp3) is 0.889. The van der Waals surface area contributed by atoms with Crippen LogP contribution < -0.4 is 0 Å². The Morgan fingerprint density at radius 1 is 1.55 bits per heavy atom. The van der Waals surface area contributed by atoms with E-state index in [4.69, 9.17) is 4.74 Å². The molecule has 0 amide bonds. The normalized spacial score (nSPS) is 17.9. The summed E-state index contributed by atoms with van der Waals surface area (Å²) in [7, 11) is 0. The molecule has 0 heterocycles. The first-order valence-corrected chi connectivity index (χ1v) is 4.36. The molecular formula is C9H16O2. The molecule has 0 saturated heterocycles. The van der Waals surface area contributed by atoms with Crippen molar-refractivity contribution in [1.82, 2.24) is 0 Å². The number of rotatable bonds is 5. The van der Waals surface area contributed by atoms with Crippen LogP contribution in [0.25, 0.3) is 0 Å². The first-order valence-electron chi connectivity index (χ1n) is 4.36. The molecule has 11 heavy (non-hydrogen) atoms. The number of carbonyl (C=O) groups excluding carboxylic acids is 1. The zero-order valence-corrected chi connectivity index (χ0v) is 7.14. The zero-order valence-electron chi connectivity index (χ0n) is 7.14. The number of ether oxygens (including phenoxy) is 1. The van der Waals surface area contributed by atoms with Gasteiger partial charge in [-0.25, -0.2) is 0 Å². The van der Waals surface area contributed by atoms with Gasteiger partial charge in [-0.3, -0.25) is 4.79 Å². The summed E-state index contributed by atoms with van der Waals surface area (Å²) in [6.45, 7) is 2.63. The number of Topliss-reactive ketones (excluding diaryl/α,β-unsaturated/α-hetero) is 1. The maximum Gasteiger partial charge on any atom is 0.155 e. The minimum atomic E-state index is 0.124. The summed E-state index contributed by atoms with van der Waals surface area (Å²) in [5, 5.41) is 0. The van der Waals surface area contributed by atoms with E-state index in [1.807, 2.05) is 0 Å². The van der Waals surface area contributed by atoms with E-state index in [1.165, 1.54) is 19.3 Å². The Hall–Kier alpha value is -0.370. The quantitative estimate of drug-likeness (QED) is 0.567. The van der Waals surface area contributed by atoms with Gasteiger partial charge in [-0.2, -0.15) is 0 Å². The fourth-order valence-corrected chi connectivity index (χ4v) is 1.25. The Morgan fingerprint density at radius 3 is 2.73 bits per heavy atom. The molecule has 0 aromatic heterocycles. The molecule has 0 aliphatic heterocycles. The van der Waals surface area contributed by atoms with Crippen LogP contribution in [0.5, 0.6) is 0 Å². The Bertz CT molecular complexity index is 128. The van der Waals surface area contributed by atoms with E-state index in [9.17, 15) is 4.79 Å². The van der Waals surface area contributed by atoms with E-state index < -0.39 is 0 Å². The van der Waals surface area contributed by atoms with Gasteiger partial charge in [-0.1, -0.05) is 19.3 Å². The van der Waals surface area contributed by atoms with Gasteiger partial charge in [0.2, 0.25) is 0 Å². The predicted molar refractivity (Wildman–Crippen MR) is 43.5 cm³/mol. The van der Waals surface area contributed by atoms with E-state index in [0.717, 1.165) is 18.9 Å². The third-order valence-electron chi connectivity index (χ3n) is 2.20. The third-order valence-corrected chi connectivity index (χ3v) is 2.20. The topological polar surface area (TPSA) is 26.3 Å². The molecule has 1 saturated carbocycles.